The van der Waals surface area contributed by atoms with Crippen molar-refractivity contribution in [3.05, 3.63) is 108 Å². The zero-order valence-corrected chi connectivity index (χ0v) is 25.7. The van der Waals surface area contributed by atoms with E-state index in [1.807, 2.05) is 0 Å². The quantitative estimate of drug-likeness (QED) is 0.236. The summed E-state index contributed by atoms with van der Waals surface area (Å²) in [5.41, 5.74) is -5.36. The minimum absolute atomic E-state index is 0.0870. The molecule has 0 saturated heterocycles. The highest BCUT2D eigenvalue weighted by Gasteiger charge is 2.29. The molecule has 0 N–H and O–H groups in total. The van der Waals surface area contributed by atoms with Crippen molar-refractivity contribution in [2.24, 2.45) is 0 Å². The molecule has 0 aliphatic carbocycles. The molecule has 0 spiro atoms. The summed E-state index contributed by atoms with van der Waals surface area (Å²) in [4.78, 5) is 50.4. The van der Waals surface area contributed by atoms with Crippen LogP contribution in [0.15, 0.2) is 65.4 Å². The van der Waals surface area contributed by atoms with Crippen LogP contribution in [-0.4, -0.2) is 26.3 Å². The van der Waals surface area contributed by atoms with E-state index in [2.05, 4.69) is 0 Å². The van der Waals surface area contributed by atoms with Gasteiger partial charge in [-0.05, 0) is 36.4 Å². The Bertz CT molecular complexity index is 2200. The van der Waals surface area contributed by atoms with E-state index in [9.17, 15) is 36.0 Å². The third-order valence-electron chi connectivity index (χ3n) is 5.65. The number of benzene rings is 3. The van der Waals surface area contributed by atoms with Crippen molar-refractivity contribution in [1.82, 2.24) is 9.46 Å². The smallest absolute Gasteiger partial charge is 0.277 e. The van der Waals surface area contributed by atoms with Crippen LogP contribution in [0.25, 0.3) is 21.5 Å². The molecule has 2 heterocycles. The number of aromatic nitrogens is 2. The largest absolute Gasteiger partial charge is 0.358 e. The van der Waals surface area contributed by atoms with Gasteiger partial charge in [0.05, 0.1) is 51.7 Å². The number of halogens is 6. The van der Waals surface area contributed by atoms with Gasteiger partial charge in [-0.1, -0.05) is 79.1 Å². The zero-order valence-electron chi connectivity index (χ0n) is 19.5. The minimum atomic E-state index is -4.94. The van der Waals surface area contributed by atoms with Crippen LogP contribution in [0.5, 0.6) is 0 Å². The molecule has 0 saturated carbocycles. The molecule has 12 nitrogen and oxygen atoms in total. The molecule has 0 radical (unpaired) electrons. The van der Waals surface area contributed by atoms with Gasteiger partial charge in [0.15, 0.2) is 0 Å². The molecule has 2 aromatic heterocycles. The van der Waals surface area contributed by atoms with Gasteiger partial charge < -0.3 is 0 Å². The van der Waals surface area contributed by atoms with Gasteiger partial charge in [-0.15, -0.1) is 0 Å². The number of nitrogens with zero attached hydrogens (tertiary/aromatic N) is 2. The van der Waals surface area contributed by atoms with E-state index in [1.54, 1.807) is 0 Å². The van der Waals surface area contributed by atoms with Gasteiger partial charge in [0.25, 0.3) is 22.2 Å². The highest BCUT2D eigenvalue weighted by Crippen LogP contribution is 2.33. The molecule has 0 aliphatic heterocycles. The van der Waals surface area contributed by atoms with Crippen LogP contribution in [0.4, 0.5) is 0 Å². The first-order valence-electron chi connectivity index (χ1n) is 10.6. The lowest BCUT2D eigenvalue weighted by atomic mass is 10.1. The Morgan fingerprint density at radius 1 is 0.429 bits per heavy atom. The van der Waals surface area contributed by atoms with Crippen molar-refractivity contribution in [1.29, 1.82) is 0 Å². The highest BCUT2D eigenvalue weighted by molar-refractivity contribution is 7.87. The zero-order chi connectivity index (χ0) is 31.0. The lowest BCUT2D eigenvalue weighted by molar-refractivity contribution is 0.263. The lowest BCUT2D eigenvalue weighted by Crippen LogP contribution is -2.36. The first-order valence-corrected chi connectivity index (χ1v) is 15.7. The molecule has 20 heteroatoms. The normalized spacial score (nSPS) is 12.3. The predicted molar refractivity (Wildman–Crippen MR) is 155 cm³/mol. The van der Waals surface area contributed by atoms with E-state index in [4.69, 9.17) is 78.2 Å². The average Bonchev–Trinajstić information content (AvgIpc) is 3.26. The van der Waals surface area contributed by atoms with Gasteiger partial charge in [-0.3, -0.25) is 27.7 Å². The number of hydrogen-bond acceptors (Lipinski definition) is 10. The van der Waals surface area contributed by atoms with Gasteiger partial charge in [-0.2, -0.15) is 16.8 Å². The average molecular weight is 735 g/mol. The van der Waals surface area contributed by atoms with Crippen LogP contribution >= 0.6 is 69.6 Å². The molecule has 218 valence electrons. The van der Waals surface area contributed by atoms with E-state index in [-0.39, 0.29) is 29.6 Å². The topological polar surface area (TPSA) is 165 Å². The van der Waals surface area contributed by atoms with Gasteiger partial charge >= 0.3 is 20.2 Å². The standard InChI is InChI=1S/C22H6Cl6N2O10S2/c23-11-3-15(27)17(5-13(11)25)41(35,36)39-29-19(31)7-1-8-10(2-9(7)21(29)33)22(34)30(20(8)32)40-42(37,38)18-6-14(26)12(24)4-16(18)28/h1-6H. The monoisotopic (exact) mass is 732 g/mol. The summed E-state index contributed by atoms with van der Waals surface area (Å²) in [5.74, 6) is 0. The van der Waals surface area contributed by atoms with E-state index in [0.29, 0.717) is 0 Å². The Balaban J connectivity index is 1.62. The number of fused-ring (bicyclic) bond motifs is 2. The van der Waals surface area contributed by atoms with Crippen LogP contribution in [0.1, 0.15) is 0 Å². The summed E-state index contributed by atoms with van der Waals surface area (Å²) in [7, 11) is -9.89. The Labute approximate surface area is 262 Å². The van der Waals surface area contributed by atoms with Crippen LogP contribution < -0.4 is 30.8 Å². The fourth-order valence-electron chi connectivity index (χ4n) is 3.73. The predicted octanol–water partition coefficient (Wildman–Crippen LogP) is 3.47. The second-order valence-electron chi connectivity index (χ2n) is 8.20. The van der Waals surface area contributed by atoms with Gasteiger partial charge in [0, 0.05) is 0 Å². The highest BCUT2D eigenvalue weighted by atomic mass is 35.5. The van der Waals surface area contributed by atoms with Gasteiger partial charge in [0.1, 0.15) is 9.79 Å². The Morgan fingerprint density at radius 2 is 0.690 bits per heavy atom. The maximum atomic E-state index is 13.0. The van der Waals surface area contributed by atoms with Crippen molar-refractivity contribution in [3.63, 3.8) is 0 Å². The van der Waals surface area contributed by atoms with Crippen LogP contribution in [0, 0.1) is 0 Å². The molecule has 0 amide bonds. The Kier molecular flexibility index (Phi) is 7.60. The fraction of sp³-hybridized carbons (Fsp3) is 0. The summed E-state index contributed by atoms with van der Waals surface area (Å²) in [6.45, 7) is 0. The maximum Gasteiger partial charge on any atom is 0.358 e. The molecule has 5 rings (SSSR count). The van der Waals surface area contributed by atoms with Crippen molar-refractivity contribution < 1.29 is 25.4 Å². The van der Waals surface area contributed by atoms with Crippen molar-refractivity contribution in [3.8, 4) is 0 Å². The molecule has 0 fully saturated rings. The molecular formula is C22H6Cl6N2O10S2. The van der Waals surface area contributed by atoms with Crippen LogP contribution in [0.2, 0.25) is 30.1 Å². The van der Waals surface area contributed by atoms with E-state index < -0.39 is 83.9 Å². The first kappa shape index (κ1) is 30.6. The SMILES string of the molecule is O=c1c2cc3c(=O)n(OS(=O)(=O)c4cc(Cl)c(Cl)cc4Cl)c(=O)c3cc2c(=O)n1OS(=O)(=O)c1cc(Cl)c(Cl)cc1Cl. The van der Waals surface area contributed by atoms with E-state index >= 15 is 0 Å². The molecule has 3 aromatic carbocycles. The van der Waals surface area contributed by atoms with Gasteiger partial charge in [-0.25, -0.2) is 0 Å². The van der Waals surface area contributed by atoms with Crippen LogP contribution in [-0.2, 0) is 20.2 Å². The number of rotatable bonds is 6. The Hall–Kier alpha value is -2.82. The first-order chi connectivity index (χ1) is 19.4. The molecule has 0 atom stereocenters. The molecule has 0 bridgehead atoms. The summed E-state index contributed by atoms with van der Waals surface area (Å²) in [6.07, 6.45) is 0. The Morgan fingerprint density at radius 3 is 0.976 bits per heavy atom. The summed E-state index contributed by atoms with van der Waals surface area (Å²) in [6, 6.07) is 5.20. The summed E-state index contributed by atoms with van der Waals surface area (Å²) in [5, 5.41) is -3.70. The summed E-state index contributed by atoms with van der Waals surface area (Å²) >= 11 is 35.1. The lowest BCUT2D eigenvalue weighted by Gasteiger charge is -2.08. The van der Waals surface area contributed by atoms with Crippen molar-refractivity contribution >= 4 is 111 Å². The van der Waals surface area contributed by atoms with Crippen molar-refractivity contribution in [2.75, 3.05) is 0 Å². The number of hydrogen-bond donors (Lipinski definition) is 0. The maximum absolute atomic E-state index is 13.0. The van der Waals surface area contributed by atoms with Crippen molar-refractivity contribution in [2.45, 2.75) is 9.79 Å². The third-order valence-corrected chi connectivity index (χ3v) is 10.4. The van der Waals surface area contributed by atoms with E-state index in [1.165, 1.54) is 0 Å². The van der Waals surface area contributed by atoms with E-state index in [0.717, 1.165) is 36.4 Å². The summed E-state index contributed by atoms with van der Waals surface area (Å²) < 4.78 is 60.4. The minimum Gasteiger partial charge on any atom is -0.277 e. The molecule has 5 aromatic rings. The molecule has 42 heavy (non-hydrogen) atoms. The third kappa shape index (κ3) is 4.95. The fourth-order valence-corrected chi connectivity index (χ4v) is 7.47. The molecule has 0 aliphatic rings. The van der Waals surface area contributed by atoms with Gasteiger partial charge in [0.2, 0.25) is 0 Å². The molecular weight excluding hydrogens is 729 g/mol. The van der Waals surface area contributed by atoms with Crippen LogP contribution in [0.3, 0.4) is 0 Å². The second-order valence-corrected chi connectivity index (χ2v) is 13.6. The second kappa shape index (κ2) is 10.4. The molecule has 0 unspecified atom stereocenters.